The highest BCUT2D eigenvalue weighted by Gasteiger charge is 2.28. The van der Waals surface area contributed by atoms with E-state index in [0.717, 1.165) is 0 Å². The maximum absolute atomic E-state index is 12.4. The lowest BCUT2D eigenvalue weighted by molar-refractivity contribution is -0.130. The molecule has 0 unspecified atom stereocenters. The first-order valence-corrected chi connectivity index (χ1v) is 8.01. The molecule has 136 valence electrons. The topological polar surface area (TPSA) is 108 Å². The maximum atomic E-state index is 12.4. The van der Waals surface area contributed by atoms with Crippen LogP contribution in [0.25, 0.3) is 0 Å². The summed E-state index contributed by atoms with van der Waals surface area (Å²) in [4.78, 5) is 35.2. The number of urea groups is 1. The molecule has 3 N–H and O–H groups in total. The second-order valence-electron chi connectivity index (χ2n) is 5.87. The second kappa shape index (κ2) is 8.66. The number of nitrogens with one attached hydrogen (secondary N) is 1. The fraction of sp³-hybridized carbons (Fsp3) is 0.211. The Morgan fingerprint density at radius 1 is 0.962 bits per heavy atom. The maximum Gasteiger partial charge on any atom is 0.339 e. The van der Waals surface area contributed by atoms with Crippen molar-refractivity contribution < 1.29 is 23.9 Å². The van der Waals surface area contributed by atoms with E-state index in [1.54, 1.807) is 44.2 Å². The smallest absolute Gasteiger partial charge is 0.339 e. The van der Waals surface area contributed by atoms with Gasteiger partial charge in [0.05, 0.1) is 5.56 Å². The van der Waals surface area contributed by atoms with Crippen LogP contribution in [0.15, 0.2) is 54.6 Å². The summed E-state index contributed by atoms with van der Waals surface area (Å²) in [6.45, 7) is 3.38. The molecule has 0 aliphatic carbocycles. The second-order valence-corrected chi connectivity index (χ2v) is 5.87. The molecule has 0 aliphatic heterocycles. The average molecular weight is 356 g/mol. The monoisotopic (exact) mass is 356 g/mol. The van der Waals surface area contributed by atoms with Crippen LogP contribution in [-0.2, 0) is 9.53 Å². The van der Waals surface area contributed by atoms with Crippen molar-refractivity contribution >= 4 is 17.9 Å². The van der Waals surface area contributed by atoms with Gasteiger partial charge >= 0.3 is 12.0 Å². The molecule has 0 bridgehead atoms. The number of carbonyl (C=O) groups excluding carboxylic acids is 3. The summed E-state index contributed by atoms with van der Waals surface area (Å²) in [7, 11) is 0. The summed E-state index contributed by atoms with van der Waals surface area (Å²) in [6, 6.07) is 14.5. The van der Waals surface area contributed by atoms with E-state index in [4.69, 9.17) is 15.2 Å². The number of benzene rings is 2. The van der Waals surface area contributed by atoms with Crippen LogP contribution in [0.3, 0.4) is 0 Å². The zero-order chi connectivity index (χ0) is 19.1. The number of hydrogen-bond donors (Lipinski definition) is 2. The van der Waals surface area contributed by atoms with Gasteiger partial charge in [0, 0.05) is 0 Å². The van der Waals surface area contributed by atoms with Gasteiger partial charge in [-0.1, -0.05) is 38.1 Å². The highest BCUT2D eigenvalue weighted by atomic mass is 16.5. The van der Waals surface area contributed by atoms with Crippen molar-refractivity contribution in [3.05, 3.63) is 60.2 Å². The van der Waals surface area contributed by atoms with Gasteiger partial charge in [0.25, 0.3) is 5.91 Å². The van der Waals surface area contributed by atoms with Crippen LogP contribution in [-0.4, -0.2) is 24.0 Å². The number of para-hydroxylation sites is 1. The van der Waals surface area contributed by atoms with Gasteiger partial charge in [0.15, 0.2) is 6.10 Å². The first-order chi connectivity index (χ1) is 12.4. The molecule has 7 nitrogen and oxygen atoms in total. The molecule has 0 heterocycles. The van der Waals surface area contributed by atoms with Gasteiger partial charge in [0.2, 0.25) is 0 Å². The molecule has 0 saturated carbocycles. The summed E-state index contributed by atoms with van der Waals surface area (Å²) in [6.07, 6.45) is -1.14. The highest BCUT2D eigenvalue weighted by Crippen LogP contribution is 2.22. The Morgan fingerprint density at radius 3 is 2.23 bits per heavy atom. The molecular weight excluding hydrogens is 336 g/mol. The zero-order valence-electron chi connectivity index (χ0n) is 14.5. The summed E-state index contributed by atoms with van der Waals surface area (Å²) < 4.78 is 10.9. The van der Waals surface area contributed by atoms with Crippen LogP contribution in [0.4, 0.5) is 4.79 Å². The van der Waals surface area contributed by atoms with Crippen LogP contribution in [0.1, 0.15) is 24.2 Å². The predicted octanol–water partition coefficient (Wildman–Crippen LogP) is 2.86. The van der Waals surface area contributed by atoms with E-state index in [9.17, 15) is 14.4 Å². The van der Waals surface area contributed by atoms with E-state index in [0.29, 0.717) is 11.5 Å². The Kier molecular flexibility index (Phi) is 6.32. The quantitative estimate of drug-likeness (QED) is 0.774. The molecule has 2 aromatic rings. The molecule has 26 heavy (non-hydrogen) atoms. The number of ether oxygens (including phenoxy) is 2. The molecule has 2 rings (SSSR count). The molecule has 0 radical (unpaired) electrons. The number of rotatable bonds is 6. The largest absolute Gasteiger partial charge is 0.457 e. The fourth-order valence-corrected chi connectivity index (χ4v) is 2.18. The van der Waals surface area contributed by atoms with Gasteiger partial charge in [-0.2, -0.15) is 0 Å². The minimum Gasteiger partial charge on any atom is -0.457 e. The van der Waals surface area contributed by atoms with Crippen molar-refractivity contribution in [2.24, 2.45) is 11.7 Å². The minimum atomic E-state index is -1.14. The van der Waals surface area contributed by atoms with E-state index in [1.165, 1.54) is 6.07 Å². The average Bonchev–Trinajstić information content (AvgIpc) is 2.59. The van der Waals surface area contributed by atoms with E-state index >= 15 is 0 Å². The Bertz CT molecular complexity index is 790. The molecule has 0 spiro atoms. The Balaban J connectivity index is 2.11. The molecule has 3 amide bonds. The van der Waals surface area contributed by atoms with E-state index in [-0.39, 0.29) is 11.5 Å². The SMILES string of the molecule is CC(C)[C@H](OC(=O)c1cccc(Oc2ccccc2)c1)C(=O)NC(N)=O. The van der Waals surface area contributed by atoms with Gasteiger partial charge in [-0.3, -0.25) is 10.1 Å². The van der Waals surface area contributed by atoms with Crippen LogP contribution in [0.5, 0.6) is 11.5 Å². The summed E-state index contributed by atoms with van der Waals surface area (Å²) in [5.74, 6) is -0.742. The van der Waals surface area contributed by atoms with Crippen molar-refractivity contribution in [1.82, 2.24) is 5.32 Å². The van der Waals surface area contributed by atoms with Crippen molar-refractivity contribution in [2.45, 2.75) is 20.0 Å². The third-order valence-corrected chi connectivity index (χ3v) is 3.39. The van der Waals surface area contributed by atoms with Gasteiger partial charge in [-0.25, -0.2) is 9.59 Å². The van der Waals surface area contributed by atoms with Gasteiger partial charge in [-0.15, -0.1) is 0 Å². The lowest BCUT2D eigenvalue weighted by Crippen LogP contribution is -2.45. The van der Waals surface area contributed by atoms with Gasteiger partial charge < -0.3 is 15.2 Å². The van der Waals surface area contributed by atoms with Crippen LogP contribution in [0, 0.1) is 5.92 Å². The summed E-state index contributed by atoms with van der Waals surface area (Å²) in [5, 5.41) is 1.92. The molecule has 0 saturated heterocycles. The number of hydrogen-bond acceptors (Lipinski definition) is 5. The summed E-state index contributed by atoms with van der Waals surface area (Å²) >= 11 is 0. The molecule has 7 heteroatoms. The van der Waals surface area contributed by atoms with Crippen LogP contribution < -0.4 is 15.8 Å². The van der Waals surface area contributed by atoms with E-state index < -0.39 is 24.0 Å². The Morgan fingerprint density at radius 2 is 1.62 bits per heavy atom. The minimum absolute atomic E-state index is 0.218. The highest BCUT2D eigenvalue weighted by molar-refractivity contribution is 5.98. The van der Waals surface area contributed by atoms with E-state index in [2.05, 4.69) is 0 Å². The molecule has 2 aromatic carbocycles. The molecule has 1 atom stereocenters. The predicted molar refractivity (Wildman–Crippen MR) is 94.7 cm³/mol. The molecule has 0 aromatic heterocycles. The lowest BCUT2D eigenvalue weighted by Gasteiger charge is -2.20. The molecule has 0 aliphatic rings. The molecule has 0 fully saturated rings. The third kappa shape index (κ3) is 5.34. The number of nitrogens with two attached hydrogens (primary N) is 1. The number of esters is 1. The number of amides is 3. The normalized spacial score (nSPS) is 11.5. The van der Waals surface area contributed by atoms with Crippen molar-refractivity contribution in [3.63, 3.8) is 0 Å². The Hall–Kier alpha value is -3.35. The van der Waals surface area contributed by atoms with Crippen molar-refractivity contribution in [1.29, 1.82) is 0 Å². The standard InChI is InChI=1S/C19H20N2O5/c1-12(2)16(17(22)21-19(20)24)26-18(23)13-7-6-10-15(11-13)25-14-8-4-3-5-9-14/h3-12,16H,1-2H3,(H3,20,21,22,24)/t16-/m0/s1. The van der Waals surface area contributed by atoms with Crippen molar-refractivity contribution in [2.75, 3.05) is 0 Å². The number of primary amides is 1. The van der Waals surface area contributed by atoms with E-state index in [1.807, 2.05) is 23.5 Å². The van der Waals surface area contributed by atoms with Gasteiger partial charge in [-0.05, 0) is 36.2 Å². The van der Waals surface area contributed by atoms with Crippen molar-refractivity contribution in [3.8, 4) is 11.5 Å². The summed E-state index contributed by atoms with van der Waals surface area (Å²) in [5.41, 5.74) is 5.16. The Labute approximate surface area is 151 Å². The number of carbonyl (C=O) groups is 3. The molecular formula is C19H20N2O5. The first kappa shape index (κ1) is 19.0. The zero-order valence-corrected chi connectivity index (χ0v) is 14.5. The third-order valence-electron chi connectivity index (χ3n) is 3.39. The van der Waals surface area contributed by atoms with Crippen LogP contribution >= 0.6 is 0 Å². The first-order valence-electron chi connectivity index (χ1n) is 8.01. The lowest BCUT2D eigenvalue weighted by atomic mass is 10.1. The number of imide groups is 1. The van der Waals surface area contributed by atoms with Gasteiger partial charge in [0.1, 0.15) is 11.5 Å². The fourth-order valence-electron chi connectivity index (χ4n) is 2.18. The van der Waals surface area contributed by atoms with Crippen LogP contribution in [0.2, 0.25) is 0 Å².